The minimum Gasteiger partial charge on any atom is -0.381 e. The standard InChI is InChI=1S/C13H26N2O/c1-15(13-4-2-3-5-13)8-7-14-10-12-6-9-16-11-12/h12-14H,2-11H2,1H3. The molecular weight excluding hydrogens is 200 g/mol. The van der Waals surface area contributed by atoms with Gasteiger partial charge in [-0.15, -0.1) is 0 Å². The Kier molecular flexibility index (Phi) is 5.07. The van der Waals surface area contributed by atoms with Crippen molar-refractivity contribution in [1.82, 2.24) is 10.2 Å². The first-order valence-corrected chi connectivity index (χ1v) is 6.85. The van der Waals surface area contributed by atoms with Gasteiger partial charge in [0.2, 0.25) is 0 Å². The summed E-state index contributed by atoms with van der Waals surface area (Å²) in [7, 11) is 2.27. The van der Waals surface area contributed by atoms with E-state index in [1.165, 1.54) is 38.6 Å². The number of hydrogen-bond donors (Lipinski definition) is 1. The van der Waals surface area contributed by atoms with E-state index in [1.54, 1.807) is 0 Å². The summed E-state index contributed by atoms with van der Waals surface area (Å²) >= 11 is 0. The van der Waals surface area contributed by atoms with Crippen molar-refractivity contribution in [1.29, 1.82) is 0 Å². The van der Waals surface area contributed by atoms with E-state index in [0.29, 0.717) is 0 Å². The van der Waals surface area contributed by atoms with E-state index in [-0.39, 0.29) is 0 Å². The van der Waals surface area contributed by atoms with Crippen LogP contribution in [-0.4, -0.2) is 50.8 Å². The van der Waals surface area contributed by atoms with Crippen molar-refractivity contribution in [2.75, 3.05) is 39.9 Å². The van der Waals surface area contributed by atoms with Gasteiger partial charge in [0.25, 0.3) is 0 Å². The summed E-state index contributed by atoms with van der Waals surface area (Å²) in [5.74, 6) is 0.761. The van der Waals surface area contributed by atoms with Gasteiger partial charge in [0.05, 0.1) is 6.61 Å². The predicted octanol–water partition coefficient (Wildman–Crippen LogP) is 1.49. The summed E-state index contributed by atoms with van der Waals surface area (Å²) in [6, 6.07) is 0.858. The zero-order valence-corrected chi connectivity index (χ0v) is 10.6. The van der Waals surface area contributed by atoms with Crippen LogP contribution in [0.1, 0.15) is 32.1 Å². The molecule has 3 nitrogen and oxygen atoms in total. The molecule has 0 aromatic carbocycles. The van der Waals surface area contributed by atoms with Crippen LogP contribution in [0.5, 0.6) is 0 Å². The third kappa shape index (κ3) is 3.72. The van der Waals surface area contributed by atoms with Crippen molar-refractivity contribution in [3.05, 3.63) is 0 Å². The van der Waals surface area contributed by atoms with E-state index in [1.807, 2.05) is 0 Å². The van der Waals surface area contributed by atoms with Gasteiger partial charge in [0.1, 0.15) is 0 Å². The first-order valence-electron chi connectivity index (χ1n) is 6.85. The van der Waals surface area contributed by atoms with Crippen molar-refractivity contribution >= 4 is 0 Å². The van der Waals surface area contributed by atoms with Gasteiger partial charge >= 0.3 is 0 Å². The monoisotopic (exact) mass is 226 g/mol. The van der Waals surface area contributed by atoms with Gasteiger partial charge < -0.3 is 15.0 Å². The molecule has 1 atom stereocenters. The molecule has 1 N–H and O–H groups in total. The highest BCUT2D eigenvalue weighted by Crippen LogP contribution is 2.21. The van der Waals surface area contributed by atoms with Crippen molar-refractivity contribution in [2.45, 2.75) is 38.1 Å². The Bertz CT molecular complexity index is 186. The Morgan fingerprint density at radius 2 is 2.06 bits per heavy atom. The second-order valence-corrected chi connectivity index (χ2v) is 5.35. The van der Waals surface area contributed by atoms with Gasteiger partial charge in [-0.3, -0.25) is 0 Å². The van der Waals surface area contributed by atoms with E-state index < -0.39 is 0 Å². The molecule has 2 rings (SSSR count). The van der Waals surface area contributed by atoms with Gasteiger partial charge in [0.15, 0.2) is 0 Å². The van der Waals surface area contributed by atoms with E-state index >= 15 is 0 Å². The molecule has 1 saturated heterocycles. The molecule has 1 heterocycles. The second kappa shape index (κ2) is 6.58. The molecule has 2 fully saturated rings. The Morgan fingerprint density at radius 1 is 1.25 bits per heavy atom. The maximum absolute atomic E-state index is 5.37. The zero-order valence-electron chi connectivity index (χ0n) is 10.6. The van der Waals surface area contributed by atoms with Crippen molar-refractivity contribution in [3.63, 3.8) is 0 Å². The van der Waals surface area contributed by atoms with Crippen molar-refractivity contribution in [2.24, 2.45) is 5.92 Å². The minimum atomic E-state index is 0.761. The van der Waals surface area contributed by atoms with E-state index in [2.05, 4.69) is 17.3 Å². The van der Waals surface area contributed by atoms with Gasteiger partial charge in [-0.2, -0.15) is 0 Å². The zero-order chi connectivity index (χ0) is 11.2. The molecular formula is C13H26N2O. The summed E-state index contributed by atoms with van der Waals surface area (Å²) in [5.41, 5.74) is 0. The fourth-order valence-electron chi connectivity index (χ4n) is 2.83. The fraction of sp³-hybridized carbons (Fsp3) is 1.00. The number of nitrogens with zero attached hydrogens (tertiary/aromatic N) is 1. The van der Waals surface area contributed by atoms with Crippen LogP contribution in [0.25, 0.3) is 0 Å². The average molecular weight is 226 g/mol. The van der Waals surface area contributed by atoms with E-state index in [0.717, 1.165) is 38.3 Å². The first-order chi connectivity index (χ1) is 7.86. The molecule has 0 bridgehead atoms. The van der Waals surface area contributed by atoms with Crippen LogP contribution in [0.2, 0.25) is 0 Å². The number of hydrogen-bond acceptors (Lipinski definition) is 3. The van der Waals surface area contributed by atoms with Gasteiger partial charge in [-0.1, -0.05) is 12.8 Å². The number of rotatable bonds is 6. The Balaban J connectivity index is 1.50. The topological polar surface area (TPSA) is 24.5 Å². The molecule has 16 heavy (non-hydrogen) atoms. The summed E-state index contributed by atoms with van der Waals surface area (Å²) in [4.78, 5) is 2.53. The van der Waals surface area contributed by atoms with E-state index in [9.17, 15) is 0 Å². The van der Waals surface area contributed by atoms with Gasteiger partial charge in [0, 0.05) is 32.3 Å². The minimum absolute atomic E-state index is 0.761. The SMILES string of the molecule is CN(CCNCC1CCOC1)C1CCCC1. The lowest BCUT2D eigenvalue weighted by Crippen LogP contribution is -2.36. The van der Waals surface area contributed by atoms with Crippen LogP contribution in [0, 0.1) is 5.92 Å². The molecule has 1 aliphatic heterocycles. The lowest BCUT2D eigenvalue weighted by Gasteiger charge is -2.24. The third-order valence-corrected chi connectivity index (χ3v) is 4.05. The predicted molar refractivity (Wildman–Crippen MR) is 66.7 cm³/mol. The summed E-state index contributed by atoms with van der Waals surface area (Å²) < 4.78 is 5.37. The molecule has 2 aliphatic rings. The molecule has 94 valence electrons. The average Bonchev–Trinajstić information content (AvgIpc) is 2.96. The second-order valence-electron chi connectivity index (χ2n) is 5.35. The molecule has 3 heteroatoms. The highest BCUT2D eigenvalue weighted by molar-refractivity contribution is 4.75. The molecule has 0 aromatic rings. The maximum Gasteiger partial charge on any atom is 0.0507 e. The summed E-state index contributed by atoms with van der Waals surface area (Å²) in [5, 5.41) is 3.56. The lowest BCUT2D eigenvalue weighted by molar-refractivity contribution is 0.184. The molecule has 0 aromatic heterocycles. The highest BCUT2D eigenvalue weighted by atomic mass is 16.5. The smallest absolute Gasteiger partial charge is 0.0507 e. The van der Waals surface area contributed by atoms with Crippen LogP contribution in [0.15, 0.2) is 0 Å². The third-order valence-electron chi connectivity index (χ3n) is 4.05. The number of ether oxygens (including phenoxy) is 1. The lowest BCUT2D eigenvalue weighted by atomic mass is 10.1. The fourth-order valence-corrected chi connectivity index (χ4v) is 2.83. The molecule has 0 amide bonds. The summed E-state index contributed by atoms with van der Waals surface area (Å²) in [6.07, 6.45) is 6.93. The Labute approximate surface area is 99.5 Å². The van der Waals surface area contributed by atoms with Crippen molar-refractivity contribution < 1.29 is 4.74 Å². The highest BCUT2D eigenvalue weighted by Gasteiger charge is 2.19. The molecule has 1 saturated carbocycles. The number of likely N-dealkylation sites (N-methyl/N-ethyl adjacent to an activating group) is 1. The molecule has 0 spiro atoms. The molecule has 1 aliphatic carbocycles. The quantitative estimate of drug-likeness (QED) is 0.694. The Hall–Kier alpha value is -0.120. The van der Waals surface area contributed by atoms with Gasteiger partial charge in [-0.05, 0) is 32.2 Å². The van der Waals surface area contributed by atoms with Crippen LogP contribution in [0.3, 0.4) is 0 Å². The largest absolute Gasteiger partial charge is 0.381 e. The normalized spacial score (nSPS) is 27.0. The summed E-state index contributed by atoms with van der Waals surface area (Å²) in [6.45, 7) is 5.39. The van der Waals surface area contributed by atoms with Gasteiger partial charge in [-0.25, -0.2) is 0 Å². The first kappa shape index (κ1) is 12.3. The number of nitrogens with one attached hydrogen (secondary N) is 1. The van der Waals surface area contributed by atoms with Crippen LogP contribution < -0.4 is 5.32 Å². The van der Waals surface area contributed by atoms with Crippen LogP contribution in [-0.2, 0) is 4.74 Å². The van der Waals surface area contributed by atoms with Crippen LogP contribution in [0.4, 0.5) is 0 Å². The van der Waals surface area contributed by atoms with E-state index in [4.69, 9.17) is 4.74 Å². The molecule has 0 radical (unpaired) electrons. The van der Waals surface area contributed by atoms with Crippen LogP contribution >= 0.6 is 0 Å². The molecule has 1 unspecified atom stereocenters. The maximum atomic E-state index is 5.37. The van der Waals surface area contributed by atoms with Crippen molar-refractivity contribution in [3.8, 4) is 0 Å². The Morgan fingerprint density at radius 3 is 2.75 bits per heavy atom.